The highest BCUT2D eigenvalue weighted by atomic mass is 19.4. The molecule has 2 fully saturated rings. The Bertz CT molecular complexity index is 740. The molecule has 3 rings (SSSR count). The summed E-state index contributed by atoms with van der Waals surface area (Å²) in [4.78, 5) is 0. The van der Waals surface area contributed by atoms with Gasteiger partial charge in [0.25, 0.3) is 0 Å². The van der Waals surface area contributed by atoms with Crippen LogP contribution in [0.2, 0.25) is 0 Å². The second kappa shape index (κ2) is 8.57. The summed E-state index contributed by atoms with van der Waals surface area (Å²) in [5.41, 5.74) is 6.79. The van der Waals surface area contributed by atoms with Gasteiger partial charge in [-0.15, -0.1) is 13.2 Å². The van der Waals surface area contributed by atoms with Gasteiger partial charge in [-0.1, -0.05) is 11.8 Å². The van der Waals surface area contributed by atoms with Gasteiger partial charge < -0.3 is 20.5 Å². The Hall–Kier alpha value is -2.33. The van der Waals surface area contributed by atoms with E-state index in [0.29, 0.717) is 18.0 Å². The Morgan fingerprint density at radius 1 is 1.30 bits per heavy atom. The van der Waals surface area contributed by atoms with Crippen LogP contribution in [0.15, 0.2) is 24.4 Å². The van der Waals surface area contributed by atoms with Crippen molar-refractivity contribution in [2.75, 3.05) is 13.2 Å². The quantitative estimate of drug-likeness (QED) is 0.764. The minimum absolute atomic E-state index is 0.0915. The normalized spacial score (nSPS) is 20.6. The average Bonchev–Trinajstić information content (AvgIpc) is 3.44. The Morgan fingerprint density at radius 2 is 2.11 bits per heavy atom. The number of ether oxygens (including phenoxy) is 2. The van der Waals surface area contributed by atoms with Crippen molar-refractivity contribution in [3.63, 3.8) is 0 Å². The van der Waals surface area contributed by atoms with Gasteiger partial charge in [0, 0.05) is 36.4 Å². The minimum atomic E-state index is -4.80. The fourth-order valence-corrected chi connectivity index (χ4v) is 2.81. The third kappa shape index (κ3) is 6.40. The number of rotatable bonds is 5. The van der Waals surface area contributed by atoms with Gasteiger partial charge >= 0.3 is 6.36 Å². The van der Waals surface area contributed by atoms with E-state index in [0.717, 1.165) is 38.7 Å². The van der Waals surface area contributed by atoms with Crippen molar-refractivity contribution >= 4 is 5.70 Å². The van der Waals surface area contributed by atoms with Crippen LogP contribution in [-0.2, 0) is 4.74 Å². The summed E-state index contributed by atoms with van der Waals surface area (Å²) in [6.45, 7) is 1.29. The molecule has 1 unspecified atom stereocenters. The number of alkyl halides is 3. The lowest BCUT2D eigenvalue weighted by Gasteiger charge is -2.22. The molecule has 27 heavy (non-hydrogen) atoms. The molecule has 4 nitrogen and oxygen atoms in total. The second-order valence-corrected chi connectivity index (χ2v) is 6.80. The number of hydrogen-bond acceptors (Lipinski definition) is 4. The van der Waals surface area contributed by atoms with E-state index < -0.39 is 6.36 Å². The molecule has 1 aromatic carbocycles. The fourth-order valence-electron chi connectivity index (χ4n) is 2.81. The van der Waals surface area contributed by atoms with Gasteiger partial charge in [0.2, 0.25) is 0 Å². The Kier molecular flexibility index (Phi) is 6.17. The third-order valence-corrected chi connectivity index (χ3v) is 4.39. The van der Waals surface area contributed by atoms with Crippen LogP contribution < -0.4 is 15.8 Å². The van der Waals surface area contributed by atoms with E-state index in [2.05, 4.69) is 21.9 Å². The first kappa shape index (κ1) is 19.4. The van der Waals surface area contributed by atoms with Gasteiger partial charge in [-0.2, -0.15) is 0 Å². The van der Waals surface area contributed by atoms with Gasteiger partial charge in [-0.25, -0.2) is 0 Å². The first-order valence-corrected chi connectivity index (χ1v) is 9.13. The summed E-state index contributed by atoms with van der Waals surface area (Å²) in [7, 11) is 0. The molecule has 0 amide bonds. The Balaban J connectivity index is 1.72. The highest BCUT2D eigenvalue weighted by Crippen LogP contribution is 2.31. The minimum Gasteiger partial charge on any atom is -0.405 e. The maximum Gasteiger partial charge on any atom is 0.573 e. The predicted octanol–water partition coefficient (Wildman–Crippen LogP) is 3.76. The number of nitrogens with one attached hydrogen (secondary N) is 1. The monoisotopic (exact) mass is 380 g/mol. The summed E-state index contributed by atoms with van der Waals surface area (Å²) in [6.07, 6.45) is 1.99. The molecule has 7 heteroatoms. The van der Waals surface area contributed by atoms with Crippen LogP contribution in [0, 0.1) is 17.8 Å². The van der Waals surface area contributed by atoms with E-state index in [1.807, 2.05) is 0 Å². The Labute approximate surface area is 156 Å². The molecular weight excluding hydrogens is 357 g/mol. The van der Waals surface area contributed by atoms with E-state index in [1.165, 1.54) is 18.3 Å². The number of nitrogens with two attached hydrogens (primary N) is 1. The molecular formula is C20H23F3N2O2. The molecule has 1 aliphatic carbocycles. The molecule has 0 spiro atoms. The van der Waals surface area contributed by atoms with Crippen molar-refractivity contribution in [1.29, 1.82) is 0 Å². The molecule has 3 N–H and O–H groups in total. The lowest BCUT2D eigenvalue weighted by molar-refractivity contribution is -0.274. The van der Waals surface area contributed by atoms with E-state index in [9.17, 15) is 13.2 Å². The first-order chi connectivity index (χ1) is 12.9. The van der Waals surface area contributed by atoms with Crippen LogP contribution in [0.5, 0.6) is 5.75 Å². The SMILES string of the molecule is N/C(=C\NCC1CCCCO1)c1ccc(C#CC2CC2)cc1OC(F)(F)F. The molecule has 1 aliphatic heterocycles. The van der Waals surface area contributed by atoms with Crippen LogP contribution in [0.4, 0.5) is 13.2 Å². The summed E-state index contributed by atoms with van der Waals surface area (Å²) in [5, 5.41) is 3.03. The highest BCUT2D eigenvalue weighted by Gasteiger charge is 2.32. The van der Waals surface area contributed by atoms with Crippen molar-refractivity contribution in [2.24, 2.45) is 11.7 Å². The zero-order chi connectivity index (χ0) is 19.3. The van der Waals surface area contributed by atoms with Crippen molar-refractivity contribution in [3.8, 4) is 17.6 Å². The van der Waals surface area contributed by atoms with Gasteiger partial charge in [-0.3, -0.25) is 0 Å². The first-order valence-electron chi connectivity index (χ1n) is 9.13. The van der Waals surface area contributed by atoms with Crippen LogP contribution in [0.3, 0.4) is 0 Å². The smallest absolute Gasteiger partial charge is 0.405 e. The zero-order valence-electron chi connectivity index (χ0n) is 14.9. The van der Waals surface area contributed by atoms with E-state index >= 15 is 0 Å². The van der Waals surface area contributed by atoms with Crippen LogP contribution in [-0.4, -0.2) is 25.6 Å². The molecule has 0 bridgehead atoms. The highest BCUT2D eigenvalue weighted by molar-refractivity contribution is 5.69. The number of benzene rings is 1. The molecule has 0 aromatic heterocycles. The predicted molar refractivity (Wildman–Crippen MR) is 96.5 cm³/mol. The topological polar surface area (TPSA) is 56.5 Å². The maximum atomic E-state index is 12.8. The van der Waals surface area contributed by atoms with Crippen molar-refractivity contribution in [3.05, 3.63) is 35.5 Å². The van der Waals surface area contributed by atoms with Crippen LogP contribution >= 0.6 is 0 Å². The summed E-state index contributed by atoms with van der Waals surface area (Å²) in [6, 6.07) is 4.44. The molecule has 1 heterocycles. The summed E-state index contributed by atoms with van der Waals surface area (Å²) < 4.78 is 48.1. The summed E-state index contributed by atoms with van der Waals surface area (Å²) >= 11 is 0. The van der Waals surface area contributed by atoms with Gasteiger partial charge in [-0.05, 0) is 50.3 Å². The molecule has 1 aromatic rings. The molecule has 1 atom stereocenters. The second-order valence-electron chi connectivity index (χ2n) is 6.80. The van der Waals surface area contributed by atoms with E-state index in [4.69, 9.17) is 10.5 Å². The van der Waals surface area contributed by atoms with Crippen LogP contribution in [0.1, 0.15) is 43.2 Å². The summed E-state index contributed by atoms with van der Waals surface area (Å²) in [5.74, 6) is 5.92. The van der Waals surface area contributed by atoms with Crippen molar-refractivity contribution in [1.82, 2.24) is 5.32 Å². The third-order valence-electron chi connectivity index (χ3n) is 4.39. The zero-order valence-corrected chi connectivity index (χ0v) is 14.9. The van der Waals surface area contributed by atoms with Gasteiger partial charge in [0.15, 0.2) is 0 Å². The fraction of sp³-hybridized carbons (Fsp3) is 0.500. The lowest BCUT2D eigenvalue weighted by Crippen LogP contribution is -2.29. The molecule has 2 aliphatic rings. The average molecular weight is 380 g/mol. The largest absolute Gasteiger partial charge is 0.573 e. The number of hydrogen-bond donors (Lipinski definition) is 2. The van der Waals surface area contributed by atoms with E-state index in [1.54, 1.807) is 6.07 Å². The molecule has 0 radical (unpaired) electrons. The van der Waals surface area contributed by atoms with Crippen molar-refractivity contribution in [2.45, 2.75) is 44.6 Å². The van der Waals surface area contributed by atoms with Crippen molar-refractivity contribution < 1.29 is 22.6 Å². The van der Waals surface area contributed by atoms with Gasteiger partial charge in [0.1, 0.15) is 5.75 Å². The number of halogens is 3. The van der Waals surface area contributed by atoms with Gasteiger partial charge in [0.05, 0.1) is 11.8 Å². The molecule has 146 valence electrons. The lowest BCUT2D eigenvalue weighted by atomic mass is 10.1. The molecule has 1 saturated heterocycles. The Morgan fingerprint density at radius 3 is 2.78 bits per heavy atom. The standard InChI is InChI=1S/C20H23F3N2O2/c21-20(22,23)27-19-11-15(7-6-14-4-5-14)8-9-17(19)18(24)13-25-12-16-3-1-2-10-26-16/h8-9,11,13-14,16,25H,1-5,10,12,24H2/b18-13-. The maximum absolute atomic E-state index is 12.8. The van der Waals surface area contributed by atoms with E-state index in [-0.39, 0.29) is 23.1 Å². The molecule has 1 saturated carbocycles. The van der Waals surface area contributed by atoms with Crippen LogP contribution in [0.25, 0.3) is 5.70 Å².